The second-order valence-corrected chi connectivity index (χ2v) is 5.83. The molecule has 5 nitrogen and oxygen atoms in total. The fourth-order valence-electron chi connectivity index (χ4n) is 2.64. The molecule has 1 heterocycles. The quantitative estimate of drug-likeness (QED) is 0.639. The molecule has 2 rings (SSSR count). The molecular weight excluding hydrogens is 307 g/mol. The summed E-state index contributed by atoms with van der Waals surface area (Å²) in [6.07, 6.45) is 4.96. The second kappa shape index (κ2) is 8.80. The van der Waals surface area contributed by atoms with Gasteiger partial charge in [0.1, 0.15) is 11.5 Å². The van der Waals surface area contributed by atoms with Crippen LogP contribution in [0.2, 0.25) is 0 Å². The summed E-state index contributed by atoms with van der Waals surface area (Å²) < 4.78 is 18.2. The molecule has 0 fully saturated rings. The predicted molar refractivity (Wildman–Crippen MR) is 96.5 cm³/mol. The van der Waals surface area contributed by atoms with E-state index in [2.05, 4.69) is 35.9 Å². The third kappa shape index (κ3) is 5.04. The number of ether oxygens (including phenoxy) is 1. The van der Waals surface area contributed by atoms with Gasteiger partial charge in [0.2, 0.25) is 5.96 Å². The van der Waals surface area contributed by atoms with E-state index in [-0.39, 0.29) is 5.82 Å². The minimum Gasteiger partial charge on any atom is -0.383 e. The summed E-state index contributed by atoms with van der Waals surface area (Å²) >= 11 is 0. The molecule has 1 aromatic rings. The molecule has 1 aliphatic rings. The van der Waals surface area contributed by atoms with Crippen LogP contribution in [0.5, 0.6) is 0 Å². The first-order valence-electron chi connectivity index (χ1n) is 8.46. The predicted octanol–water partition coefficient (Wildman–Crippen LogP) is 3.22. The molecule has 0 radical (unpaired) electrons. The van der Waals surface area contributed by atoms with Gasteiger partial charge in [0.05, 0.1) is 6.61 Å². The number of halogens is 1. The number of methoxy groups -OCH3 is 1. The normalized spacial score (nSPS) is 20.2. The largest absolute Gasteiger partial charge is 0.383 e. The van der Waals surface area contributed by atoms with Gasteiger partial charge in [-0.25, -0.2) is 9.38 Å². The lowest BCUT2D eigenvalue weighted by Gasteiger charge is -2.33. The van der Waals surface area contributed by atoms with Crippen molar-refractivity contribution in [3.63, 3.8) is 0 Å². The Morgan fingerprint density at radius 1 is 1.25 bits per heavy atom. The van der Waals surface area contributed by atoms with Crippen molar-refractivity contribution in [1.29, 1.82) is 0 Å². The number of anilines is 1. The lowest BCUT2D eigenvalue weighted by Crippen LogP contribution is -2.49. The molecule has 0 bridgehead atoms. The minimum absolute atomic E-state index is 0.255. The number of nitrogens with zero attached hydrogens (tertiary/aromatic N) is 1. The first-order valence-corrected chi connectivity index (χ1v) is 8.46. The monoisotopic (exact) mass is 334 g/mol. The second-order valence-electron chi connectivity index (χ2n) is 5.83. The molecule has 0 saturated heterocycles. The maximum absolute atomic E-state index is 13.1. The minimum atomic E-state index is -0.462. The van der Waals surface area contributed by atoms with Crippen LogP contribution >= 0.6 is 0 Å². The highest BCUT2D eigenvalue weighted by atomic mass is 19.1. The van der Waals surface area contributed by atoms with E-state index in [0.29, 0.717) is 19.1 Å². The Hall–Kier alpha value is -1.92. The summed E-state index contributed by atoms with van der Waals surface area (Å²) in [6.45, 7) is 5.59. The Morgan fingerprint density at radius 2 is 2.00 bits per heavy atom. The maximum atomic E-state index is 13.1. The smallest absolute Gasteiger partial charge is 0.202 e. The zero-order chi connectivity index (χ0) is 17.4. The summed E-state index contributed by atoms with van der Waals surface area (Å²) in [6, 6.07) is 6.25. The topological polar surface area (TPSA) is 57.7 Å². The number of guanidine groups is 1. The van der Waals surface area contributed by atoms with Crippen molar-refractivity contribution < 1.29 is 9.13 Å². The summed E-state index contributed by atoms with van der Waals surface area (Å²) in [5.74, 6) is 0.411. The van der Waals surface area contributed by atoms with Gasteiger partial charge < -0.3 is 15.4 Å². The zero-order valence-corrected chi connectivity index (χ0v) is 14.7. The Bertz CT molecular complexity index is 585. The Labute approximate surface area is 143 Å². The van der Waals surface area contributed by atoms with Gasteiger partial charge in [-0.2, -0.15) is 0 Å². The van der Waals surface area contributed by atoms with Crippen molar-refractivity contribution in [3.8, 4) is 0 Å². The lowest BCUT2D eigenvalue weighted by atomic mass is 10.0. The SMILES string of the molecule is CCCC1=CC(CC)(NCCOC)N=C(Nc2ccc(F)cc2)N1. The van der Waals surface area contributed by atoms with Gasteiger partial charge in [-0.3, -0.25) is 5.32 Å². The summed E-state index contributed by atoms with van der Waals surface area (Å²) in [5, 5.41) is 10.0. The number of aliphatic imine (C=N–C) groups is 1. The molecule has 132 valence electrons. The van der Waals surface area contributed by atoms with E-state index in [1.165, 1.54) is 12.1 Å². The summed E-state index contributed by atoms with van der Waals surface area (Å²) in [4.78, 5) is 4.81. The summed E-state index contributed by atoms with van der Waals surface area (Å²) in [5.41, 5.74) is 1.46. The van der Waals surface area contributed by atoms with Crippen molar-refractivity contribution in [2.24, 2.45) is 4.99 Å². The average Bonchev–Trinajstić information content (AvgIpc) is 2.57. The van der Waals surface area contributed by atoms with E-state index >= 15 is 0 Å². The fourth-order valence-corrected chi connectivity index (χ4v) is 2.64. The van der Waals surface area contributed by atoms with Crippen LogP contribution < -0.4 is 16.0 Å². The van der Waals surface area contributed by atoms with Gasteiger partial charge in [-0.05, 0) is 43.2 Å². The van der Waals surface area contributed by atoms with E-state index in [4.69, 9.17) is 9.73 Å². The zero-order valence-electron chi connectivity index (χ0n) is 14.7. The Kier molecular flexibility index (Phi) is 6.75. The standard InChI is InChI=1S/C18H27FN4O/c1-4-6-16-13-18(5-2,20-11-12-24-3)23-17(22-16)21-15-9-7-14(19)8-10-15/h7-10,13,20H,4-6,11-12H2,1-3H3,(H2,21,22,23). The van der Waals surface area contributed by atoms with Crippen LogP contribution in [0.1, 0.15) is 33.1 Å². The van der Waals surface area contributed by atoms with E-state index in [0.717, 1.165) is 30.6 Å². The van der Waals surface area contributed by atoms with Gasteiger partial charge >= 0.3 is 0 Å². The molecule has 1 aliphatic heterocycles. The van der Waals surface area contributed by atoms with Gasteiger partial charge in [-0.15, -0.1) is 0 Å². The highest BCUT2D eigenvalue weighted by Gasteiger charge is 2.29. The molecule has 1 atom stereocenters. The van der Waals surface area contributed by atoms with Crippen LogP contribution in [0.3, 0.4) is 0 Å². The van der Waals surface area contributed by atoms with Gasteiger partial charge in [-0.1, -0.05) is 20.3 Å². The number of rotatable bonds is 8. The number of nitrogens with one attached hydrogen (secondary N) is 3. The van der Waals surface area contributed by atoms with Crippen molar-refractivity contribution in [2.75, 3.05) is 25.6 Å². The van der Waals surface area contributed by atoms with Crippen LogP contribution in [0.4, 0.5) is 10.1 Å². The number of hydrogen-bond acceptors (Lipinski definition) is 5. The third-order valence-electron chi connectivity index (χ3n) is 3.91. The molecule has 0 aliphatic carbocycles. The molecule has 0 amide bonds. The molecule has 6 heteroatoms. The van der Waals surface area contributed by atoms with Crippen LogP contribution in [0.15, 0.2) is 41.0 Å². The third-order valence-corrected chi connectivity index (χ3v) is 3.91. The van der Waals surface area contributed by atoms with Crippen LogP contribution in [-0.4, -0.2) is 31.9 Å². The van der Waals surface area contributed by atoms with E-state index in [1.54, 1.807) is 19.2 Å². The molecule has 0 saturated carbocycles. The molecular formula is C18H27FN4O. The van der Waals surface area contributed by atoms with Gasteiger partial charge in [0.15, 0.2) is 0 Å². The van der Waals surface area contributed by atoms with Crippen LogP contribution in [0.25, 0.3) is 0 Å². The first kappa shape index (κ1) is 18.4. The Balaban J connectivity index is 2.20. The number of hydrogen-bond donors (Lipinski definition) is 3. The van der Waals surface area contributed by atoms with Crippen LogP contribution in [-0.2, 0) is 4.74 Å². The molecule has 24 heavy (non-hydrogen) atoms. The first-order chi connectivity index (χ1) is 11.6. The van der Waals surface area contributed by atoms with E-state index < -0.39 is 5.66 Å². The average molecular weight is 334 g/mol. The van der Waals surface area contributed by atoms with Crippen molar-refractivity contribution >= 4 is 11.6 Å². The molecule has 1 aromatic carbocycles. The van der Waals surface area contributed by atoms with Crippen LogP contribution in [0, 0.1) is 5.82 Å². The Morgan fingerprint density at radius 3 is 2.62 bits per heavy atom. The summed E-state index contributed by atoms with van der Waals surface area (Å²) in [7, 11) is 1.69. The highest BCUT2D eigenvalue weighted by molar-refractivity contribution is 5.95. The number of benzene rings is 1. The van der Waals surface area contributed by atoms with Crippen molar-refractivity contribution in [2.45, 2.75) is 38.8 Å². The van der Waals surface area contributed by atoms with Gasteiger partial charge in [0.25, 0.3) is 0 Å². The van der Waals surface area contributed by atoms with E-state index in [1.807, 2.05) is 0 Å². The van der Waals surface area contributed by atoms with E-state index in [9.17, 15) is 4.39 Å². The molecule has 3 N–H and O–H groups in total. The number of allylic oxidation sites excluding steroid dienone is 1. The lowest BCUT2D eigenvalue weighted by molar-refractivity contribution is 0.189. The highest BCUT2D eigenvalue weighted by Crippen LogP contribution is 2.22. The van der Waals surface area contributed by atoms with Crippen molar-refractivity contribution in [3.05, 3.63) is 41.9 Å². The fraction of sp³-hybridized carbons (Fsp3) is 0.500. The molecule has 1 unspecified atom stereocenters. The molecule has 0 spiro atoms. The van der Waals surface area contributed by atoms with Gasteiger partial charge in [0, 0.05) is 25.0 Å². The van der Waals surface area contributed by atoms with Crippen molar-refractivity contribution in [1.82, 2.24) is 10.6 Å². The maximum Gasteiger partial charge on any atom is 0.202 e. The molecule has 0 aromatic heterocycles.